The minimum atomic E-state index is -0.740. The van der Waals surface area contributed by atoms with E-state index in [1.54, 1.807) is 41.9 Å². The molecule has 0 bridgehead atoms. The average Bonchev–Trinajstić information content (AvgIpc) is 3.78. The molecule has 4 aromatic rings. The van der Waals surface area contributed by atoms with Crippen LogP contribution in [0.4, 0.5) is 4.39 Å². The minimum Gasteiger partial charge on any atom is -0.457 e. The van der Waals surface area contributed by atoms with E-state index in [1.165, 1.54) is 51.8 Å². The maximum absolute atomic E-state index is 13.4. The third kappa shape index (κ3) is 7.24. The first-order valence-corrected chi connectivity index (χ1v) is 15.2. The average molecular weight is 621 g/mol. The van der Waals surface area contributed by atoms with Gasteiger partial charge in [0.15, 0.2) is 0 Å². The molecule has 2 aromatic heterocycles. The molecule has 5 rings (SSSR count). The largest absolute Gasteiger partial charge is 0.457 e. The first-order chi connectivity index (χ1) is 20.7. The third-order valence-corrected chi connectivity index (χ3v) is 9.06. The van der Waals surface area contributed by atoms with Crippen molar-refractivity contribution >= 4 is 46.2 Å². The van der Waals surface area contributed by atoms with Crippen molar-refractivity contribution in [1.29, 1.82) is 5.41 Å². The summed E-state index contributed by atoms with van der Waals surface area (Å²) in [4.78, 5) is 46.3. The number of ether oxygens (including phenoxy) is 1. The van der Waals surface area contributed by atoms with E-state index in [4.69, 9.17) is 15.9 Å². The Morgan fingerprint density at radius 1 is 1.12 bits per heavy atom. The second-order valence-corrected chi connectivity index (χ2v) is 11.9. The van der Waals surface area contributed by atoms with E-state index < -0.39 is 11.9 Å². The van der Waals surface area contributed by atoms with Crippen LogP contribution in [-0.4, -0.2) is 52.6 Å². The second kappa shape index (κ2) is 13.1. The van der Waals surface area contributed by atoms with Crippen LogP contribution in [0, 0.1) is 11.2 Å². The van der Waals surface area contributed by atoms with Crippen LogP contribution in [-0.2, 0) is 9.59 Å². The molecule has 10 nitrogen and oxygen atoms in total. The highest BCUT2D eigenvalue weighted by Gasteiger charge is 2.41. The van der Waals surface area contributed by atoms with Crippen LogP contribution in [0.3, 0.4) is 0 Å². The van der Waals surface area contributed by atoms with E-state index in [1.807, 2.05) is 12.3 Å². The van der Waals surface area contributed by atoms with Crippen molar-refractivity contribution in [2.24, 2.45) is 5.73 Å². The monoisotopic (exact) mass is 620 g/mol. The van der Waals surface area contributed by atoms with E-state index >= 15 is 0 Å². The number of likely N-dealkylation sites (tertiary alicyclic amines) is 1. The Labute approximate surface area is 255 Å². The van der Waals surface area contributed by atoms with Gasteiger partial charge in [-0.05, 0) is 67.9 Å². The lowest BCUT2D eigenvalue weighted by Crippen LogP contribution is -2.49. The third-order valence-electron chi connectivity index (χ3n) is 7.01. The zero-order valence-electron chi connectivity index (χ0n) is 23.1. The molecule has 3 amide bonds. The summed E-state index contributed by atoms with van der Waals surface area (Å²) in [6.45, 7) is 1.85. The van der Waals surface area contributed by atoms with Crippen LogP contribution < -0.4 is 21.1 Å². The highest BCUT2D eigenvalue weighted by atomic mass is 32.1. The van der Waals surface area contributed by atoms with Gasteiger partial charge >= 0.3 is 0 Å². The number of nitrogens with zero attached hydrogens (tertiary/aromatic N) is 2. The van der Waals surface area contributed by atoms with Gasteiger partial charge in [-0.3, -0.25) is 19.8 Å². The Kier molecular flexibility index (Phi) is 9.12. The number of thiophene rings is 1. The molecule has 0 spiro atoms. The summed E-state index contributed by atoms with van der Waals surface area (Å²) in [5, 5.41) is 17.7. The Balaban J connectivity index is 1.21. The summed E-state index contributed by atoms with van der Waals surface area (Å²) >= 11 is 2.87. The van der Waals surface area contributed by atoms with Gasteiger partial charge in [0.1, 0.15) is 29.2 Å². The zero-order valence-corrected chi connectivity index (χ0v) is 24.7. The smallest absolute Gasteiger partial charge is 0.251 e. The Bertz CT molecular complexity index is 1610. The topological polar surface area (TPSA) is 151 Å². The molecule has 0 aliphatic carbocycles. The molecule has 3 heterocycles. The molecule has 43 heavy (non-hydrogen) atoms. The van der Waals surface area contributed by atoms with E-state index in [9.17, 15) is 18.8 Å². The van der Waals surface area contributed by atoms with Gasteiger partial charge in [0, 0.05) is 45.4 Å². The summed E-state index contributed by atoms with van der Waals surface area (Å²) in [7, 11) is 0. The van der Waals surface area contributed by atoms with Crippen molar-refractivity contribution in [1.82, 2.24) is 20.5 Å². The Hall–Kier alpha value is -4.62. The van der Waals surface area contributed by atoms with E-state index in [0.29, 0.717) is 35.6 Å². The number of nitrogens with two attached hydrogens (primary N) is 1. The fourth-order valence-corrected chi connectivity index (χ4v) is 6.41. The van der Waals surface area contributed by atoms with Crippen molar-refractivity contribution in [3.05, 3.63) is 98.4 Å². The fraction of sp³-hybridized carbons (Fsp3) is 0.233. The Morgan fingerprint density at radius 3 is 2.44 bits per heavy atom. The van der Waals surface area contributed by atoms with Crippen molar-refractivity contribution in [3.63, 3.8) is 0 Å². The number of halogens is 1. The van der Waals surface area contributed by atoms with Gasteiger partial charge in [0.2, 0.25) is 11.8 Å². The number of hydrogen-bond acceptors (Lipinski definition) is 8. The number of amides is 3. The lowest BCUT2D eigenvalue weighted by atomic mass is 10.1. The standard InChI is InChI=1S/C30H29FN6O4S2/c1-17(25-13-20(16-43-25)27(32)33)36-29(40)24-12-19(30-34-10-11-42-30)15-37(24)26(38)14-35-28(39)18-2-6-22(7-3-18)41-23-8-4-21(31)5-9-23/h2-11,13,16-17,19,24H,12,14-15H2,1H3,(H3,32,33)(H,35,39)(H,36,40)/t17-,19-,24+/m1/s1. The molecule has 222 valence electrons. The van der Waals surface area contributed by atoms with Gasteiger partial charge in [-0.15, -0.1) is 22.7 Å². The van der Waals surface area contributed by atoms with Gasteiger partial charge in [-0.1, -0.05) is 0 Å². The molecule has 1 fully saturated rings. The van der Waals surface area contributed by atoms with E-state index in [-0.39, 0.29) is 42.0 Å². The summed E-state index contributed by atoms with van der Waals surface area (Å²) in [6.07, 6.45) is 2.10. The summed E-state index contributed by atoms with van der Waals surface area (Å²) in [6, 6.07) is 12.6. The minimum absolute atomic E-state index is 0.0452. The number of nitrogen functional groups attached to an aromatic ring is 1. The molecule has 5 N–H and O–H groups in total. The molecular formula is C30H29FN6O4S2. The molecule has 0 unspecified atom stereocenters. The summed E-state index contributed by atoms with van der Waals surface area (Å²) < 4.78 is 18.8. The number of hydrogen-bond donors (Lipinski definition) is 4. The fourth-order valence-electron chi connectivity index (χ4n) is 4.75. The van der Waals surface area contributed by atoms with Gasteiger partial charge in [-0.2, -0.15) is 0 Å². The van der Waals surface area contributed by atoms with Crippen molar-refractivity contribution in [3.8, 4) is 11.5 Å². The highest BCUT2D eigenvalue weighted by molar-refractivity contribution is 7.10. The summed E-state index contributed by atoms with van der Waals surface area (Å²) in [5.74, 6) is -0.742. The molecule has 2 aromatic carbocycles. The van der Waals surface area contributed by atoms with Crippen LogP contribution in [0.25, 0.3) is 0 Å². The quantitative estimate of drug-likeness (QED) is 0.152. The second-order valence-electron chi connectivity index (χ2n) is 10.0. The van der Waals surface area contributed by atoms with Crippen LogP contribution in [0.1, 0.15) is 51.1 Å². The maximum Gasteiger partial charge on any atom is 0.251 e. The predicted octanol–water partition coefficient (Wildman–Crippen LogP) is 4.41. The number of benzene rings is 2. The molecule has 1 aliphatic heterocycles. The predicted molar refractivity (Wildman–Crippen MR) is 162 cm³/mol. The van der Waals surface area contributed by atoms with E-state index in [0.717, 1.165) is 9.88 Å². The first kappa shape index (κ1) is 29.9. The SMILES string of the molecule is C[C@@H](NC(=O)[C@@H]1C[C@@H](c2nccs2)CN1C(=O)CNC(=O)c1ccc(Oc2ccc(F)cc2)cc1)c1cc(C(=N)N)cs1. The summed E-state index contributed by atoms with van der Waals surface area (Å²) in [5.41, 5.74) is 6.49. The molecule has 3 atom stereocenters. The van der Waals surface area contributed by atoms with Crippen LogP contribution in [0.15, 0.2) is 71.6 Å². The van der Waals surface area contributed by atoms with E-state index in [2.05, 4.69) is 15.6 Å². The van der Waals surface area contributed by atoms with Crippen LogP contribution in [0.5, 0.6) is 11.5 Å². The Morgan fingerprint density at radius 2 is 1.81 bits per heavy atom. The van der Waals surface area contributed by atoms with Gasteiger partial charge in [-0.25, -0.2) is 9.37 Å². The molecule has 0 saturated carbocycles. The molecule has 0 radical (unpaired) electrons. The molecular weight excluding hydrogens is 592 g/mol. The van der Waals surface area contributed by atoms with Gasteiger partial charge in [0.25, 0.3) is 5.91 Å². The van der Waals surface area contributed by atoms with Crippen LogP contribution >= 0.6 is 22.7 Å². The number of amidine groups is 1. The first-order valence-electron chi connectivity index (χ1n) is 13.4. The normalized spacial score (nSPS) is 16.8. The van der Waals surface area contributed by atoms with Crippen molar-refractivity contribution in [2.45, 2.75) is 31.3 Å². The highest BCUT2D eigenvalue weighted by Crippen LogP contribution is 2.33. The lowest BCUT2D eigenvalue weighted by Gasteiger charge is -2.25. The van der Waals surface area contributed by atoms with Crippen LogP contribution in [0.2, 0.25) is 0 Å². The van der Waals surface area contributed by atoms with Crippen molar-refractivity contribution < 1.29 is 23.5 Å². The lowest BCUT2D eigenvalue weighted by molar-refractivity contribution is -0.137. The number of carbonyl (C=O) groups excluding carboxylic acids is 3. The number of rotatable bonds is 10. The van der Waals surface area contributed by atoms with Gasteiger partial charge in [0.05, 0.1) is 17.6 Å². The molecule has 1 saturated heterocycles. The van der Waals surface area contributed by atoms with Crippen molar-refractivity contribution in [2.75, 3.05) is 13.1 Å². The molecule has 13 heteroatoms. The number of thiazole rings is 1. The zero-order chi connectivity index (χ0) is 30.5. The number of aromatic nitrogens is 1. The number of nitrogens with one attached hydrogen (secondary N) is 3. The maximum atomic E-state index is 13.4. The van der Waals surface area contributed by atoms with Gasteiger partial charge < -0.3 is 26.0 Å². The molecule has 1 aliphatic rings. The number of carbonyl (C=O) groups is 3.